The molecule has 0 fully saturated rings. The maximum absolute atomic E-state index is 2.63. The molecule has 250 valence electrons. The first-order valence-electron chi connectivity index (χ1n) is 18.7. The number of hydrogen-bond acceptors (Lipinski definition) is 2. The molecule has 0 bridgehead atoms. The summed E-state index contributed by atoms with van der Waals surface area (Å²) in [6.45, 7) is 6.70. The van der Waals surface area contributed by atoms with E-state index in [2.05, 4.69) is 131 Å². The van der Waals surface area contributed by atoms with Gasteiger partial charge in [-0.2, -0.15) is 0 Å². The molecule has 0 spiro atoms. The van der Waals surface area contributed by atoms with Crippen LogP contribution in [0.15, 0.2) is 108 Å². The fourth-order valence-corrected chi connectivity index (χ4v) is 9.85. The summed E-state index contributed by atoms with van der Waals surface area (Å²) in [4.78, 5) is 2.66. The topological polar surface area (TPSA) is 9.86 Å². The third-order valence-corrected chi connectivity index (χ3v) is 12.7. The summed E-state index contributed by atoms with van der Waals surface area (Å²) in [7, 11) is 0. The fourth-order valence-electron chi connectivity index (χ4n) is 8.40. The molecule has 0 saturated heterocycles. The average Bonchev–Trinajstić information content (AvgIpc) is 3.97. The number of hydrogen-bond donors (Lipinski definition) is 0. The van der Waals surface area contributed by atoms with Gasteiger partial charge in [-0.05, 0) is 111 Å². The standard InChI is InChI=1S/C46H44N2S2/c1-3-5-7-9-23-47-40-21-19-34(44-14-12-26-50-44)29-38(40)46-41(47)22-17-31-15-16-32-27-37-36-28-33(43-13-11-25-49-43)18-20-39(36)48(24-10-8-6-4-2)42(37)30-35(32)45(31)46/h11-22,25-30H,3-10,23-24H2,1-2H3. The zero-order chi connectivity index (χ0) is 33.6. The van der Waals surface area contributed by atoms with Crippen LogP contribution in [0.4, 0.5) is 0 Å². The molecule has 0 aliphatic carbocycles. The number of benzene rings is 5. The summed E-state index contributed by atoms with van der Waals surface area (Å²) < 4.78 is 5.25. The van der Waals surface area contributed by atoms with E-state index in [-0.39, 0.29) is 0 Å². The molecule has 4 heteroatoms. The van der Waals surface area contributed by atoms with Crippen LogP contribution in [0.2, 0.25) is 0 Å². The molecular weight excluding hydrogens is 645 g/mol. The molecule has 50 heavy (non-hydrogen) atoms. The number of aromatic nitrogens is 2. The lowest BCUT2D eigenvalue weighted by atomic mass is 9.95. The van der Waals surface area contributed by atoms with Crippen LogP contribution in [-0.4, -0.2) is 9.13 Å². The van der Waals surface area contributed by atoms with E-state index in [1.807, 2.05) is 22.7 Å². The van der Waals surface area contributed by atoms with Crippen molar-refractivity contribution in [2.45, 2.75) is 78.3 Å². The summed E-state index contributed by atoms with van der Waals surface area (Å²) >= 11 is 3.65. The molecule has 0 atom stereocenters. The number of fused-ring (bicyclic) bond motifs is 10. The van der Waals surface area contributed by atoms with E-state index in [1.54, 1.807) is 0 Å². The highest BCUT2D eigenvalue weighted by Gasteiger charge is 2.19. The Morgan fingerprint density at radius 3 is 1.64 bits per heavy atom. The minimum absolute atomic E-state index is 1.05. The molecule has 4 aromatic heterocycles. The third kappa shape index (κ3) is 5.36. The fraction of sp³-hybridized carbons (Fsp3) is 0.261. The molecule has 5 aromatic carbocycles. The van der Waals surface area contributed by atoms with Crippen LogP contribution in [0.1, 0.15) is 65.2 Å². The van der Waals surface area contributed by atoms with Crippen molar-refractivity contribution in [1.29, 1.82) is 0 Å². The SMILES string of the molecule is CCCCCCn1c2ccc(-c3cccs3)cc2c2cc3ccc4ccc5c(c6cc(-c7cccs7)ccc6n5CCCCCC)c4c3cc21. The van der Waals surface area contributed by atoms with Gasteiger partial charge in [0.25, 0.3) is 0 Å². The van der Waals surface area contributed by atoms with Crippen molar-refractivity contribution in [3.05, 3.63) is 108 Å². The van der Waals surface area contributed by atoms with Crippen LogP contribution in [0.3, 0.4) is 0 Å². The number of thiophene rings is 2. The molecular formula is C46H44N2S2. The Morgan fingerprint density at radius 1 is 0.440 bits per heavy atom. The summed E-state index contributed by atoms with van der Waals surface area (Å²) in [6.07, 6.45) is 10.1. The minimum atomic E-state index is 1.05. The Hall–Kier alpha value is -4.38. The monoisotopic (exact) mass is 688 g/mol. The highest BCUT2D eigenvalue weighted by atomic mass is 32.1. The lowest BCUT2D eigenvalue weighted by Crippen LogP contribution is -1.98. The van der Waals surface area contributed by atoms with Crippen molar-refractivity contribution in [2.75, 3.05) is 0 Å². The first-order valence-corrected chi connectivity index (χ1v) is 20.4. The third-order valence-electron chi connectivity index (χ3n) is 10.9. The Bertz CT molecular complexity index is 2620. The van der Waals surface area contributed by atoms with E-state index >= 15 is 0 Å². The second kappa shape index (κ2) is 13.4. The molecule has 0 amide bonds. The van der Waals surface area contributed by atoms with Gasteiger partial charge in [-0.1, -0.05) is 94.8 Å². The molecule has 0 saturated carbocycles. The molecule has 2 nitrogen and oxygen atoms in total. The van der Waals surface area contributed by atoms with E-state index in [1.165, 1.54) is 137 Å². The number of rotatable bonds is 12. The Balaban J connectivity index is 1.33. The van der Waals surface area contributed by atoms with Crippen LogP contribution >= 0.6 is 22.7 Å². The average molecular weight is 689 g/mol. The van der Waals surface area contributed by atoms with Crippen molar-refractivity contribution >= 4 is 87.8 Å². The largest absolute Gasteiger partial charge is 0.340 e. The van der Waals surface area contributed by atoms with Gasteiger partial charge in [0.1, 0.15) is 0 Å². The van der Waals surface area contributed by atoms with Crippen molar-refractivity contribution in [3.8, 4) is 20.9 Å². The van der Waals surface area contributed by atoms with Crippen LogP contribution in [0, 0.1) is 0 Å². The Morgan fingerprint density at radius 2 is 1.00 bits per heavy atom. The van der Waals surface area contributed by atoms with E-state index in [9.17, 15) is 0 Å². The lowest BCUT2D eigenvalue weighted by molar-refractivity contribution is 0.602. The first kappa shape index (κ1) is 31.6. The van der Waals surface area contributed by atoms with Gasteiger partial charge in [-0.15, -0.1) is 22.7 Å². The molecule has 0 aliphatic rings. The molecule has 9 rings (SSSR count). The van der Waals surface area contributed by atoms with Crippen LogP contribution in [0.25, 0.3) is 86.0 Å². The maximum atomic E-state index is 2.63. The summed E-state index contributed by atoms with van der Waals surface area (Å²) in [6, 6.07) is 37.7. The molecule has 9 aromatic rings. The predicted octanol–water partition coefficient (Wildman–Crippen LogP) is 14.8. The maximum Gasteiger partial charge on any atom is 0.0498 e. The van der Waals surface area contributed by atoms with Gasteiger partial charge in [0.05, 0.1) is 0 Å². The van der Waals surface area contributed by atoms with Gasteiger partial charge in [-0.25, -0.2) is 0 Å². The van der Waals surface area contributed by atoms with E-state index in [4.69, 9.17) is 0 Å². The molecule has 0 N–H and O–H groups in total. The molecule has 0 radical (unpaired) electrons. The summed E-state index contributed by atoms with van der Waals surface area (Å²) in [5.74, 6) is 0. The number of nitrogens with zero attached hydrogens (tertiary/aromatic N) is 2. The van der Waals surface area contributed by atoms with Crippen molar-refractivity contribution < 1.29 is 0 Å². The zero-order valence-electron chi connectivity index (χ0n) is 29.2. The van der Waals surface area contributed by atoms with Crippen molar-refractivity contribution in [3.63, 3.8) is 0 Å². The van der Waals surface area contributed by atoms with Gasteiger partial charge in [-0.3, -0.25) is 0 Å². The van der Waals surface area contributed by atoms with Crippen LogP contribution < -0.4 is 0 Å². The normalized spacial score (nSPS) is 12.2. The second-order valence-corrected chi connectivity index (χ2v) is 16.0. The molecule has 4 heterocycles. The van der Waals surface area contributed by atoms with Gasteiger partial charge < -0.3 is 9.13 Å². The van der Waals surface area contributed by atoms with Gasteiger partial charge in [0, 0.05) is 66.5 Å². The van der Waals surface area contributed by atoms with Crippen LogP contribution in [0.5, 0.6) is 0 Å². The zero-order valence-corrected chi connectivity index (χ0v) is 30.8. The lowest BCUT2D eigenvalue weighted by Gasteiger charge is -2.11. The minimum Gasteiger partial charge on any atom is -0.340 e. The van der Waals surface area contributed by atoms with Crippen molar-refractivity contribution in [1.82, 2.24) is 9.13 Å². The summed E-state index contributed by atoms with van der Waals surface area (Å²) in [5.41, 5.74) is 8.05. The quantitative estimate of drug-likeness (QED) is 0.0893. The highest BCUT2D eigenvalue weighted by Crippen LogP contribution is 2.43. The summed E-state index contributed by atoms with van der Waals surface area (Å²) in [5, 5.41) is 15.3. The smallest absolute Gasteiger partial charge is 0.0498 e. The predicted molar refractivity (Wildman–Crippen MR) is 222 cm³/mol. The van der Waals surface area contributed by atoms with E-state index < -0.39 is 0 Å². The number of aryl methyl sites for hydroxylation is 2. The highest BCUT2D eigenvalue weighted by molar-refractivity contribution is 7.13. The van der Waals surface area contributed by atoms with Gasteiger partial charge >= 0.3 is 0 Å². The van der Waals surface area contributed by atoms with Crippen LogP contribution in [-0.2, 0) is 13.1 Å². The molecule has 0 aliphatic heterocycles. The number of unbranched alkanes of at least 4 members (excludes halogenated alkanes) is 6. The van der Waals surface area contributed by atoms with Gasteiger partial charge in [0.2, 0.25) is 0 Å². The Kier molecular flexibility index (Phi) is 8.46. The molecule has 0 unspecified atom stereocenters. The Labute approximate surface area is 302 Å². The first-order chi connectivity index (χ1) is 24.7. The van der Waals surface area contributed by atoms with Gasteiger partial charge in [0.15, 0.2) is 0 Å². The second-order valence-electron chi connectivity index (χ2n) is 14.1. The van der Waals surface area contributed by atoms with Crippen molar-refractivity contribution in [2.24, 2.45) is 0 Å². The van der Waals surface area contributed by atoms with E-state index in [0.717, 1.165) is 13.1 Å². The van der Waals surface area contributed by atoms with E-state index in [0.29, 0.717) is 0 Å².